The van der Waals surface area contributed by atoms with Crippen molar-refractivity contribution in [3.8, 4) is 0 Å². The van der Waals surface area contributed by atoms with E-state index in [9.17, 15) is 19.5 Å². The first-order valence-corrected chi connectivity index (χ1v) is 11.5. The van der Waals surface area contributed by atoms with Crippen molar-refractivity contribution in [3.05, 3.63) is 70.3 Å². The van der Waals surface area contributed by atoms with Gasteiger partial charge in [0.25, 0.3) is 17.6 Å². The molecule has 1 spiro atoms. The number of carbonyl (C=O) groups excluding carboxylic acids is 3. The molecule has 2 saturated heterocycles. The summed E-state index contributed by atoms with van der Waals surface area (Å²) in [5, 5.41) is 11.8. The van der Waals surface area contributed by atoms with Crippen molar-refractivity contribution in [3.63, 3.8) is 0 Å². The number of ether oxygens (including phenoxy) is 1. The summed E-state index contributed by atoms with van der Waals surface area (Å²) < 4.78 is 5.40. The summed E-state index contributed by atoms with van der Waals surface area (Å²) >= 11 is 5.99. The van der Waals surface area contributed by atoms with Crippen LogP contribution in [0.1, 0.15) is 11.1 Å². The van der Waals surface area contributed by atoms with Gasteiger partial charge >= 0.3 is 0 Å². The molecule has 34 heavy (non-hydrogen) atoms. The molecule has 2 amide bonds. The zero-order chi connectivity index (χ0) is 24.0. The molecule has 9 heteroatoms. The van der Waals surface area contributed by atoms with E-state index in [0.717, 1.165) is 0 Å². The third kappa shape index (κ3) is 3.25. The van der Waals surface area contributed by atoms with Crippen LogP contribution in [-0.4, -0.2) is 78.9 Å². The number of rotatable bonds is 4. The van der Waals surface area contributed by atoms with Gasteiger partial charge in [-0.1, -0.05) is 29.8 Å². The predicted octanol–water partition coefficient (Wildman–Crippen LogP) is 2.22. The van der Waals surface area contributed by atoms with E-state index in [0.29, 0.717) is 54.7 Å². The van der Waals surface area contributed by atoms with E-state index in [-0.39, 0.29) is 12.1 Å². The highest BCUT2D eigenvalue weighted by Crippen LogP contribution is 2.53. The number of hydrogen-bond donors (Lipinski definition) is 1. The number of morpholine rings is 1. The van der Waals surface area contributed by atoms with Crippen molar-refractivity contribution in [2.24, 2.45) is 0 Å². The standard InChI is InChI=1S/C25H24ClN3O5/c1-27-19-5-3-2-4-18(19)25(24(27)33)20(21(30)16-6-8-17(26)9-7-16)22(31)23(32)29(25)11-10-28-12-14-34-15-13-28/h2-9,30H,10-15H2,1H3/b21-20-. The Balaban J connectivity index is 1.69. The van der Waals surface area contributed by atoms with Crippen molar-refractivity contribution in [2.45, 2.75) is 5.54 Å². The van der Waals surface area contributed by atoms with Crippen LogP contribution in [0, 0.1) is 0 Å². The average Bonchev–Trinajstić information content (AvgIpc) is 3.22. The summed E-state index contributed by atoms with van der Waals surface area (Å²) in [7, 11) is 1.61. The Kier molecular flexibility index (Phi) is 5.67. The third-order valence-electron chi connectivity index (χ3n) is 6.80. The van der Waals surface area contributed by atoms with Crippen LogP contribution in [0.2, 0.25) is 5.02 Å². The normalized spacial score (nSPS) is 24.4. The van der Waals surface area contributed by atoms with E-state index >= 15 is 0 Å². The average molecular weight is 482 g/mol. The number of amides is 2. The van der Waals surface area contributed by atoms with E-state index in [1.54, 1.807) is 55.6 Å². The SMILES string of the molecule is CN1C(=O)C2(/C(=C(\O)c3ccc(Cl)cc3)C(=O)C(=O)N2CCN2CCOCC2)c2ccccc21. The van der Waals surface area contributed by atoms with Crippen LogP contribution in [-0.2, 0) is 24.7 Å². The Morgan fingerprint density at radius 2 is 1.71 bits per heavy atom. The maximum absolute atomic E-state index is 13.9. The zero-order valence-corrected chi connectivity index (χ0v) is 19.4. The predicted molar refractivity (Wildman–Crippen MR) is 127 cm³/mol. The Morgan fingerprint density at radius 1 is 1.03 bits per heavy atom. The first kappa shape index (κ1) is 22.6. The molecule has 1 N–H and O–H groups in total. The summed E-state index contributed by atoms with van der Waals surface area (Å²) in [5.41, 5.74) is -0.569. The molecule has 8 nitrogen and oxygen atoms in total. The fourth-order valence-electron chi connectivity index (χ4n) is 5.09. The molecule has 2 fully saturated rings. The summed E-state index contributed by atoms with van der Waals surface area (Å²) in [6.45, 7) is 3.20. The highest BCUT2D eigenvalue weighted by molar-refractivity contribution is 6.50. The van der Waals surface area contributed by atoms with Crippen molar-refractivity contribution in [1.29, 1.82) is 0 Å². The fraction of sp³-hybridized carbons (Fsp3) is 0.320. The van der Waals surface area contributed by atoms with E-state index in [2.05, 4.69) is 4.90 Å². The molecule has 0 saturated carbocycles. The molecule has 3 aliphatic heterocycles. The fourth-order valence-corrected chi connectivity index (χ4v) is 5.22. The molecule has 176 valence electrons. The number of para-hydroxylation sites is 1. The second-order valence-electron chi connectivity index (χ2n) is 8.56. The van der Waals surface area contributed by atoms with Crippen LogP contribution in [0.25, 0.3) is 5.76 Å². The van der Waals surface area contributed by atoms with Gasteiger partial charge in [-0.05, 0) is 30.3 Å². The Hall–Kier alpha value is -3.20. The molecular weight excluding hydrogens is 458 g/mol. The second-order valence-corrected chi connectivity index (χ2v) is 9.00. The zero-order valence-electron chi connectivity index (χ0n) is 18.7. The minimum absolute atomic E-state index is 0.149. The second kappa shape index (κ2) is 8.54. The molecular formula is C25H24ClN3O5. The molecule has 1 unspecified atom stereocenters. The lowest BCUT2D eigenvalue weighted by molar-refractivity contribution is -0.144. The van der Waals surface area contributed by atoms with E-state index in [4.69, 9.17) is 16.3 Å². The van der Waals surface area contributed by atoms with Crippen molar-refractivity contribution >= 4 is 40.6 Å². The maximum Gasteiger partial charge on any atom is 0.296 e. The number of likely N-dealkylation sites (tertiary alicyclic amines) is 1. The molecule has 5 rings (SSSR count). The van der Waals surface area contributed by atoms with Crippen LogP contribution < -0.4 is 4.90 Å². The molecule has 0 bridgehead atoms. The lowest BCUT2D eigenvalue weighted by Crippen LogP contribution is -2.53. The van der Waals surface area contributed by atoms with Crippen LogP contribution in [0.4, 0.5) is 5.69 Å². The van der Waals surface area contributed by atoms with Gasteiger partial charge in [-0.15, -0.1) is 0 Å². The molecule has 2 aromatic carbocycles. The number of carbonyl (C=O) groups is 3. The van der Waals surface area contributed by atoms with Gasteiger partial charge < -0.3 is 19.6 Å². The first-order valence-electron chi connectivity index (χ1n) is 11.1. The lowest BCUT2D eigenvalue weighted by Gasteiger charge is -2.36. The summed E-state index contributed by atoms with van der Waals surface area (Å²) in [6.07, 6.45) is 0. The van der Waals surface area contributed by atoms with Crippen LogP contribution in [0.15, 0.2) is 54.1 Å². The van der Waals surface area contributed by atoms with Gasteiger partial charge in [-0.3, -0.25) is 19.3 Å². The number of hydrogen-bond acceptors (Lipinski definition) is 6. The van der Waals surface area contributed by atoms with Gasteiger partial charge in [0.2, 0.25) is 0 Å². The number of aliphatic hydroxyl groups is 1. The summed E-state index contributed by atoms with van der Waals surface area (Å²) in [4.78, 5) is 45.7. The number of fused-ring (bicyclic) bond motifs is 2. The number of benzene rings is 2. The summed E-state index contributed by atoms with van der Waals surface area (Å²) in [5.74, 6) is -2.54. The number of likely N-dealkylation sites (N-methyl/N-ethyl adjacent to an activating group) is 1. The molecule has 0 radical (unpaired) electrons. The Bertz CT molecular complexity index is 1210. The van der Waals surface area contributed by atoms with E-state index in [1.165, 1.54) is 9.80 Å². The van der Waals surface area contributed by atoms with Crippen molar-refractivity contribution in [2.75, 3.05) is 51.3 Å². The third-order valence-corrected chi connectivity index (χ3v) is 7.05. The summed E-state index contributed by atoms with van der Waals surface area (Å²) in [6, 6.07) is 13.3. The molecule has 2 aromatic rings. The minimum atomic E-state index is -1.74. The highest BCUT2D eigenvalue weighted by atomic mass is 35.5. The topological polar surface area (TPSA) is 90.4 Å². The van der Waals surface area contributed by atoms with E-state index < -0.39 is 28.9 Å². The van der Waals surface area contributed by atoms with E-state index in [1.807, 2.05) is 0 Å². The maximum atomic E-state index is 13.9. The number of Topliss-reactive ketones (excluding diaryl/α,β-unsaturated/α-hetero) is 1. The largest absolute Gasteiger partial charge is 0.507 e. The minimum Gasteiger partial charge on any atom is -0.507 e. The number of aliphatic hydroxyl groups excluding tert-OH is 1. The molecule has 3 heterocycles. The van der Waals surface area contributed by atoms with Gasteiger partial charge in [-0.2, -0.15) is 0 Å². The smallest absolute Gasteiger partial charge is 0.296 e. The lowest BCUT2D eigenvalue weighted by atomic mass is 9.82. The van der Waals surface area contributed by atoms with Crippen molar-refractivity contribution < 1.29 is 24.2 Å². The molecule has 1 atom stereocenters. The number of halogens is 1. The monoisotopic (exact) mass is 481 g/mol. The first-order chi connectivity index (χ1) is 16.4. The van der Waals surface area contributed by atoms with Gasteiger partial charge in [0.05, 0.1) is 18.8 Å². The molecule has 0 aliphatic carbocycles. The van der Waals surface area contributed by atoms with Crippen molar-refractivity contribution in [1.82, 2.24) is 9.80 Å². The van der Waals surface area contributed by atoms with Crippen LogP contribution in [0.5, 0.6) is 0 Å². The van der Waals surface area contributed by atoms with Gasteiger partial charge in [-0.25, -0.2) is 0 Å². The van der Waals surface area contributed by atoms with Gasteiger partial charge in [0.1, 0.15) is 5.76 Å². The molecule has 3 aliphatic rings. The molecule has 0 aromatic heterocycles. The number of nitrogens with zero attached hydrogens (tertiary/aromatic N) is 3. The van der Waals surface area contributed by atoms with Crippen LogP contribution >= 0.6 is 11.6 Å². The van der Waals surface area contributed by atoms with Gasteiger partial charge in [0, 0.05) is 55.1 Å². The Labute approximate surface area is 202 Å². The van der Waals surface area contributed by atoms with Crippen LogP contribution in [0.3, 0.4) is 0 Å². The number of ketones is 1. The Morgan fingerprint density at radius 3 is 2.41 bits per heavy atom. The van der Waals surface area contributed by atoms with Gasteiger partial charge in [0.15, 0.2) is 5.54 Å². The quantitative estimate of drug-likeness (QED) is 0.409. The number of anilines is 1. The highest BCUT2D eigenvalue weighted by Gasteiger charge is 2.66.